The average Bonchev–Trinajstić information content (AvgIpc) is 2.19. The summed E-state index contributed by atoms with van der Waals surface area (Å²) in [5.41, 5.74) is 0. The zero-order valence-corrected chi connectivity index (χ0v) is 8.36. The van der Waals surface area contributed by atoms with Gasteiger partial charge in [0.25, 0.3) is 0 Å². The van der Waals surface area contributed by atoms with Gasteiger partial charge in [-0.3, -0.25) is 0 Å². The number of hydrogen-bond acceptors (Lipinski definition) is 3. The topological polar surface area (TPSA) is 27.7 Å². The molecule has 0 rings (SSSR count). The molecule has 0 bridgehead atoms. The van der Waals surface area contributed by atoms with E-state index < -0.39 is 0 Å². The Balaban J connectivity index is 3.52. The van der Waals surface area contributed by atoms with Gasteiger partial charge in [0, 0.05) is 0 Å². The van der Waals surface area contributed by atoms with Crippen molar-refractivity contribution in [2.75, 3.05) is 0 Å². The van der Waals surface area contributed by atoms with Crippen LogP contribution in [0.4, 0.5) is 0 Å². The highest BCUT2D eigenvalue weighted by Crippen LogP contribution is 2.04. The minimum atomic E-state index is -0.123. The standard InChI is InChI=1S/C10H18O3/c1-5-9(6-2)11-13-12-10(7-3)8-4/h5,7,9-10H,1,3,6,8H2,2,4H3. The molecule has 0 fully saturated rings. The van der Waals surface area contributed by atoms with Crippen molar-refractivity contribution in [1.82, 2.24) is 0 Å². The maximum Gasteiger partial charge on any atom is 0.114 e. The Hall–Kier alpha value is -0.640. The lowest BCUT2D eigenvalue weighted by Crippen LogP contribution is -2.14. The molecule has 0 aliphatic heterocycles. The molecule has 0 spiro atoms. The van der Waals surface area contributed by atoms with Gasteiger partial charge in [-0.05, 0) is 12.8 Å². The first-order valence-corrected chi connectivity index (χ1v) is 4.52. The lowest BCUT2D eigenvalue weighted by molar-refractivity contribution is -0.531. The van der Waals surface area contributed by atoms with E-state index in [0.717, 1.165) is 12.8 Å². The molecule has 0 aromatic carbocycles. The zero-order valence-electron chi connectivity index (χ0n) is 8.36. The summed E-state index contributed by atoms with van der Waals surface area (Å²) in [5, 5.41) is 4.58. The van der Waals surface area contributed by atoms with E-state index >= 15 is 0 Å². The Morgan fingerprint density at radius 3 is 1.62 bits per heavy atom. The fourth-order valence-electron chi connectivity index (χ4n) is 0.672. The van der Waals surface area contributed by atoms with Gasteiger partial charge in [-0.15, -0.1) is 13.2 Å². The van der Waals surface area contributed by atoms with Crippen molar-refractivity contribution in [3.63, 3.8) is 0 Å². The van der Waals surface area contributed by atoms with Crippen LogP contribution in [0.15, 0.2) is 25.3 Å². The van der Waals surface area contributed by atoms with Crippen molar-refractivity contribution in [3.8, 4) is 0 Å². The molecule has 0 aromatic rings. The fraction of sp³-hybridized carbons (Fsp3) is 0.600. The van der Waals surface area contributed by atoms with Crippen LogP contribution in [0.25, 0.3) is 0 Å². The van der Waals surface area contributed by atoms with Gasteiger partial charge in [0.1, 0.15) is 12.2 Å². The molecule has 0 amide bonds. The fourth-order valence-corrected chi connectivity index (χ4v) is 0.672. The van der Waals surface area contributed by atoms with Gasteiger partial charge in [-0.25, -0.2) is 0 Å². The van der Waals surface area contributed by atoms with Crippen molar-refractivity contribution in [2.45, 2.75) is 38.9 Å². The molecule has 3 heteroatoms. The van der Waals surface area contributed by atoms with Gasteiger partial charge in [-0.1, -0.05) is 31.0 Å². The largest absolute Gasteiger partial charge is 0.199 e. The molecule has 0 saturated carbocycles. The quantitative estimate of drug-likeness (QED) is 0.331. The van der Waals surface area contributed by atoms with Crippen LogP contribution in [0, 0.1) is 0 Å². The second-order valence-corrected chi connectivity index (χ2v) is 2.63. The minimum Gasteiger partial charge on any atom is -0.199 e. The molecule has 76 valence electrons. The summed E-state index contributed by atoms with van der Waals surface area (Å²) >= 11 is 0. The van der Waals surface area contributed by atoms with Crippen molar-refractivity contribution >= 4 is 0 Å². The number of rotatable bonds is 8. The van der Waals surface area contributed by atoms with E-state index in [1.165, 1.54) is 0 Å². The minimum absolute atomic E-state index is 0.123. The maximum absolute atomic E-state index is 4.89. The molecular weight excluding hydrogens is 168 g/mol. The van der Waals surface area contributed by atoms with Gasteiger partial charge in [0.2, 0.25) is 0 Å². The van der Waals surface area contributed by atoms with E-state index in [4.69, 9.17) is 9.78 Å². The maximum atomic E-state index is 4.89. The highest BCUT2D eigenvalue weighted by molar-refractivity contribution is 4.77. The van der Waals surface area contributed by atoms with Crippen LogP contribution < -0.4 is 0 Å². The molecule has 0 aliphatic rings. The first kappa shape index (κ1) is 12.4. The van der Waals surface area contributed by atoms with E-state index in [9.17, 15) is 0 Å². The number of hydrogen-bond donors (Lipinski definition) is 0. The van der Waals surface area contributed by atoms with E-state index in [-0.39, 0.29) is 12.2 Å². The smallest absolute Gasteiger partial charge is 0.114 e. The molecule has 3 nitrogen and oxygen atoms in total. The summed E-state index contributed by atoms with van der Waals surface area (Å²) < 4.78 is 0. The molecule has 0 aromatic heterocycles. The zero-order chi connectivity index (χ0) is 10.1. The van der Waals surface area contributed by atoms with Crippen LogP contribution >= 0.6 is 0 Å². The lowest BCUT2D eigenvalue weighted by atomic mass is 10.3. The third-order valence-electron chi connectivity index (χ3n) is 1.66. The van der Waals surface area contributed by atoms with Crippen LogP contribution in [0.1, 0.15) is 26.7 Å². The Kier molecular flexibility index (Phi) is 7.59. The molecule has 0 radical (unpaired) electrons. The van der Waals surface area contributed by atoms with Gasteiger partial charge < -0.3 is 0 Å². The van der Waals surface area contributed by atoms with Crippen LogP contribution in [0.3, 0.4) is 0 Å². The molecule has 0 aliphatic carbocycles. The Morgan fingerprint density at radius 1 is 1.00 bits per heavy atom. The van der Waals surface area contributed by atoms with Crippen LogP contribution in [-0.2, 0) is 14.8 Å². The summed E-state index contributed by atoms with van der Waals surface area (Å²) in [6, 6.07) is 0. The normalized spacial score (nSPS) is 14.9. The van der Waals surface area contributed by atoms with Crippen molar-refractivity contribution in [2.24, 2.45) is 0 Å². The predicted molar refractivity (Wildman–Crippen MR) is 51.8 cm³/mol. The molecule has 2 atom stereocenters. The Bertz CT molecular complexity index is 129. The predicted octanol–water partition coefficient (Wildman–Crippen LogP) is 2.80. The van der Waals surface area contributed by atoms with Crippen LogP contribution in [0.2, 0.25) is 0 Å². The first-order chi connectivity index (χ1) is 6.28. The SMILES string of the molecule is C=CC(CC)OOOC(C=C)CC. The van der Waals surface area contributed by atoms with Crippen LogP contribution in [-0.4, -0.2) is 12.2 Å². The molecule has 2 unspecified atom stereocenters. The molecule has 13 heavy (non-hydrogen) atoms. The third kappa shape index (κ3) is 5.58. The monoisotopic (exact) mass is 186 g/mol. The summed E-state index contributed by atoms with van der Waals surface area (Å²) in [4.78, 5) is 9.77. The second kappa shape index (κ2) is 7.98. The summed E-state index contributed by atoms with van der Waals surface area (Å²) in [5.74, 6) is 0. The van der Waals surface area contributed by atoms with Gasteiger partial charge in [-0.2, -0.15) is 9.78 Å². The van der Waals surface area contributed by atoms with E-state index in [0.29, 0.717) is 0 Å². The highest BCUT2D eigenvalue weighted by atomic mass is 17.5. The van der Waals surface area contributed by atoms with Gasteiger partial charge >= 0.3 is 0 Å². The Labute approximate surface area is 79.8 Å². The highest BCUT2D eigenvalue weighted by Gasteiger charge is 2.05. The average molecular weight is 186 g/mol. The molecule has 0 heterocycles. The molecule has 0 N–H and O–H groups in total. The van der Waals surface area contributed by atoms with Gasteiger partial charge in [0.15, 0.2) is 0 Å². The van der Waals surface area contributed by atoms with E-state index in [1.54, 1.807) is 12.2 Å². The van der Waals surface area contributed by atoms with Crippen LogP contribution in [0.5, 0.6) is 0 Å². The lowest BCUT2D eigenvalue weighted by Gasteiger charge is -2.12. The van der Waals surface area contributed by atoms with E-state index in [2.05, 4.69) is 18.2 Å². The summed E-state index contributed by atoms with van der Waals surface area (Å²) in [7, 11) is 0. The van der Waals surface area contributed by atoms with Crippen molar-refractivity contribution < 1.29 is 14.8 Å². The molecular formula is C10H18O3. The second-order valence-electron chi connectivity index (χ2n) is 2.63. The first-order valence-electron chi connectivity index (χ1n) is 4.52. The Morgan fingerprint density at radius 2 is 1.38 bits per heavy atom. The summed E-state index contributed by atoms with van der Waals surface area (Å²) in [6.45, 7) is 11.1. The summed E-state index contributed by atoms with van der Waals surface area (Å²) in [6.07, 6.45) is 4.69. The van der Waals surface area contributed by atoms with Crippen molar-refractivity contribution in [3.05, 3.63) is 25.3 Å². The van der Waals surface area contributed by atoms with E-state index in [1.807, 2.05) is 13.8 Å². The van der Waals surface area contributed by atoms with Gasteiger partial charge in [0.05, 0.1) is 0 Å². The van der Waals surface area contributed by atoms with Crippen molar-refractivity contribution in [1.29, 1.82) is 0 Å². The molecule has 0 saturated heterocycles. The third-order valence-corrected chi connectivity index (χ3v) is 1.66.